The Labute approximate surface area is 89.1 Å². The van der Waals surface area contributed by atoms with Gasteiger partial charge in [0.05, 0.1) is 17.8 Å². The Kier molecular flexibility index (Phi) is 2.87. The van der Waals surface area contributed by atoms with Gasteiger partial charge in [-0.2, -0.15) is 0 Å². The number of nitrogens with zero attached hydrogens (tertiary/aromatic N) is 3. The van der Waals surface area contributed by atoms with Gasteiger partial charge in [0.15, 0.2) is 0 Å². The SMILES string of the molecule is CCN(c1cncc(CCl)n1)C1CC1. The van der Waals surface area contributed by atoms with Crippen LogP contribution in [-0.2, 0) is 5.88 Å². The lowest BCUT2D eigenvalue weighted by atomic mass is 10.4. The van der Waals surface area contributed by atoms with Gasteiger partial charge < -0.3 is 4.90 Å². The summed E-state index contributed by atoms with van der Waals surface area (Å²) in [6, 6.07) is 0.680. The highest BCUT2D eigenvalue weighted by Gasteiger charge is 2.28. The third-order valence-corrected chi connectivity index (χ3v) is 2.71. The second-order valence-corrected chi connectivity index (χ2v) is 3.79. The summed E-state index contributed by atoms with van der Waals surface area (Å²) in [5.41, 5.74) is 0.850. The van der Waals surface area contributed by atoms with Crippen LogP contribution in [0.15, 0.2) is 12.4 Å². The van der Waals surface area contributed by atoms with Gasteiger partial charge in [-0.15, -0.1) is 11.6 Å². The summed E-state index contributed by atoms with van der Waals surface area (Å²) in [4.78, 5) is 10.9. The van der Waals surface area contributed by atoms with E-state index in [9.17, 15) is 0 Å². The maximum atomic E-state index is 5.72. The Morgan fingerprint density at radius 1 is 1.50 bits per heavy atom. The summed E-state index contributed by atoms with van der Waals surface area (Å²) in [5.74, 6) is 1.40. The van der Waals surface area contributed by atoms with Crippen molar-refractivity contribution in [3.05, 3.63) is 18.1 Å². The lowest BCUT2D eigenvalue weighted by Gasteiger charge is -2.21. The van der Waals surface area contributed by atoms with Crippen molar-refractivity contribution in [2.45, 2.75) is 31.7 Å². The summed E-state index contributed by atoms with van der Waals surface area (Å²) in [6.07, 6.45) is 6.09. The average Bonchev–Trinajstić information content (AvgIpc) is 3.04. The lowest BCUT2D eigenvalue weighted by Crippen LogP contribution is -2.26. The minimum absolute atomic E-state index is 0.434. The van der Waals surface area contributed by atoms with Gasteiger partial charge in [-0.3, -0.25) is 4.98 Å². The average molecular weight is 212 g/mol. The molecule has 1 aliphatic carbocycles. The number of hydrogen-bond acceptors (Lipinski definition) is 3. The molecule has 1 fully saturated rings. The minimum atomic E-state index is 0.434. The second-order valence-electron chi connectivity index (χ2n) is 3.52. The molecule has 1 aliphatic rings. The highest BCUT2D eigenvalue weighted by Crippen LogP contribution is 2.29. The Morgan fingerprint density at radius 3 is 2.86 bits per heavy atom. The van der Waals surface area contributed by atoms with Crippen LogP contribution in [0.25, 0.3) is 0 Å². The maximum Gasteiger partial charge on any atom is 0.147 e. The van der Waals surface area contributed by atoms with Gasteiger partial charge in [0.1, 0.15) is 5.82 Å². The topological polar surface area (TPSA) is 29.0 Å². The Hall–Kier alpha value is -0.830. The Balaban J connectivity index is 2.20. The summed E-state index contributed by atoms with van der Waals surface area (Å²) < 4.78 is 0. The zero-order valence-electron chi connectivity index (χ0n) is 8.28. The molecule has 1 heterocycles. The van der Waals surface area contributed by atoms with Crippen LogP contribution in [0, 0.1) is 0 Å². The molecule has 0 aliphatic heterocycles. The number of rotatable bonds is 4. The maximum absolute atomic E-state index is 5.72. The second kappa shape index (κ2) is 4.13. The van der Waals surface area contributed by atoms with E-state index in [4.69, 9.17) is 11.6 Å². The zero-order valence-corrected chi connectivity index (χ0v) is 9.04. The van der Waals surface area contributed by atoms with Crippen LogP contribution in [-0.4, -0.2) is 22.6 Å². The predicted octanol–water partition coefficient (Wildman–Crippen LogP) is 2.20. The van der Waals surface area contributed by atoms with Crippen molar-refractivity contribution in [2.24, 2.45) is 0 Å². The fourth-order valence-electron chi connectivity index (χ4n) is 1.59. The van der Waals surface area contributed by atoms with E-state index in [0.717, 1.165) is 18.1 Å². The highest BCUT2D eigenvalue weighted by atomic mass is 35.5. The predicted molar refractivity (Wildman–Crippen MR) is 57.6 cm³/mol. The molecule has 0 saturated heterocycles. The van der Waals surface area contributed by atoms with Crippen molar-refractivity contribution in [1.29, 1.82) is 0 Å². The molecule has 0 radical (unpaired) electrons. The molecule has 0 aromatic carbocycles. The molecule has 0 amide bonds. The van der Waals surface area contributed by atoms with Crippen molar-refractivity contribution in [2.75, 3.05) is 11.4 Å². The quantitative estimate of drug-likeness (QED) is 0.716. The third kappa shape index (κ3) is 1.98. The smallest absolute Gasteiger partial charge is 0.147 e. The monoisotopic (exact) mass is 211 g/mol. The highest BCUT2D eigenvalue weighted by molar-refractivity contribution is 6.16. The molecule has 2 rings (SSSR count). The first-order chi connectivity index (χ1) is 6.85. The number of halogens is 1. The summed E-state index contributed by atoms with van der Waals surface area (Å²) >= 11 is 5.72. The van der Waals surface area contributed by atoms with E-state index in [-0.39, 0.29) is 0 Å². The van der Waals surface area contributed by atoms with Gasteiger partial charge in [-0.05, 0) is 19.8 Å². The van der Waals surface area contributed by atoms with Crippen LogP contribution in [0.1, 0.15) is 25.5 Å². The van der Waals surface area contributed by atoms with Crippen molar-refractivity contribution in [3.8, 4) is 0 Å². The van der Waals surface area contributed by atoms with E-state index in [0.29, 0.717) is 11.9 Å². The minimum Gasteiger partial charge on any atom is -0.353 e. The van der Waals surface area contributed by atoms with Crippen LogP contribution in [0.3, 0.4) is 0 Å². The van der Waals surface area contributed by atoms with E-state index in [2.05, 4.69) is 21.8 Å². The largest absolute Gasteiger partial charge is 0.353 e. The molecular weight excluding hydrogens is 198 g/mol. The first-order valence-corrected chi connectivity index (χ1v) is 5.52. The molecule has 0 N–H and O–H groups in total. The van der Waals surface area contributed by atoms with Crippen LogP contribution in [0.2, 0.25) is 0 Å². The normalized spacial score (nSPS) is 15.6. The number of alkyl halides is 1. The molecule has 1 saturated carbocycles. The van der Waals surface area contributed by atoms with Crippen molar-refractivity contribution < 1.29 is 0 Å². The van der Waals surface area contributed by atoms with Gasteiger partial charge in [0.25, 0.3) is 0 Å². The number of hydrogen-bond donors (Lipinski definition) is 0. The molecule has 3 nitrogen and oxygen atoms in total. The van der Waals surface area contributed by atoms with Gasteiger partial charge in [-0.25, -0.2) is 4.98 Å². The van der Waals surface area contributed by atoms with Crippen LogP contribution in [0.4, 0.5) is 5.82 Å². The first-order valence-electron chi connectivity index (χ1n) is 4.98. The van der Waals surface area contributed by atoms with Crippen molar-refractivity contribution in [3.63, 3.8) is 0 Å². The molecule has 0 bridgehead atoms. The third-order valence-electron chi connectivity index (χ3n) is 2.43. The van der Waals surface area contributed by atoms with E-state index < -0.39 is 0 Å². The molecule has 0 spiro atoms. The molecule has 4 heteroatoms. The molecule has 76 valence electrons. The molecule has 0 atom stereocenters. The summed E-state index contributed by atoms with van der Waals surface area (Å²) in [6.45, 7) is 3.14. The Bertz CT molecular complexity index is 312. The van der Waals surface area contributed by atoms with Crippen LogP contribution < -0.4 is 4.90 Å². The number of anilines is 1. The van der Waals surface area contributed by atoms with Gasteiger partial charge in [0, 0.05) is 18.8 Å². The van der Waals surface area contributed by atoms with Crippen LogP contribution in [0.5, 0.6) is 0 Å². The van der Waals surface area contributed by atoms with E-state index in [1.165, 1.54) is 12.8 Å². The standard InChI is InChI=1S/C10H14ClN3/c1-2-14(9-3-4-9)10-7-12-6-8(5-11)13-10/h6-7,9H,2-5H2,1H3. The van der Waals surface area contributed by atoms with E-state index >= 15 is 0 Å². The summed E-state index contributed by atoms with van der Waals surface area (Å²) in [5, 5.41) is 0. The van der Waals surface area contributed by atoms with Crippen molar-refractivity contribution in [1.82, 2.24) is 9.97 Å². The zero-order chi connectivity index (χ0) is 9.97. The fraction of sp³-hybridized carbons (Fsp3) is 0.600. The Morgan fingerprint density at radius 2 is 2.29 bits per heavy atom. The molecule has 0 unspecified atom stereocenters. The van der Waals surface area contributed by atoms with Gasteiger partial charge in [-0.1, -0.05) is 0 Å². The fourth-order valence-corrected chi connectivity index (χ4v) is 1.72. The van der Waals surface area contributed by atoms with Gasteiger partial charge in [0.2, 0.25) is 0 Å². The lowest BCUT2D eigenvalue weighted by molar-refractivity contribution is 0.799. The molecule has 14 heavy (non-hydrogen) atoms. The number of aromatic nitrogens is 2. The first kappa shape index (κ1) is 9.71. The molecule has 1 aromatic heterocycles. The summed E-state index contributed by atoms with van der Waals surface area (Å²) in [7, 11) is 0. The van der Waals surface area contributed by atoms with Crippen LogP contribution >= 0.6 is 11.6 Å². The van der Waals surface area contributed by atoms with E-state index in [1.54, 1.807) is 6.20 Å². The van der Waals surface area contributed by atoms with E-state index in [1.807, 2.05) is 6.20 Å². The molecule has 1 aromatic rings. The van der Waals surface area contributed by atoms with Gasteiger partial charge >= 0.3 is 0 Å². The van der Waals surface area contributed by atoms with Crippen molar-refractivity contribution >= 4 is 17.4 Å². The molecular formula is C10H14ClN3.